The molecule has 38 heavy (non-hydrogen) atoms. The first kappa shape index (κ1) is 26.9. The number of aromatic nitrogens is 2. The molecule has 0 atom stereocenters. The molecule has 8 nitrogen and oxygen atoms in total. The number of carbonyl (C=O) groups is 2. The molecule has 0 bridgehead atoms. The Bertz CT molecular complexity index is 1520. The number of carbonyl (C=O) groups excluding carboxylic acids is 2. The summed E-state index contributed by atoms with van der Waals surface area (Å²) in [6, 6.07) is 16.2. The van der Waals surface area contributed by atoms with Crippen molar-refractivity contribution in [1.82, 2.24) is 15.3 Å². The highest BCUT2D eigenvalue weighted by atomic mass is 35.5. The standard InChI is InChI=1S/C28H25Cl2N5O3/c1-17-6-9-19-4-3-5-23(28(19)34-17)38-16-20-21(29)10-11-22(27(20)30)35(2)26(37)15-33-25(36)13-8-18-7-12-24(31)32-14-18/h3-14H,15-16H2,1-2H3,(H2,31,32)(H,33,36). The molecular weight excluding hydrogens is 525 g/mol. The lowest BCUT2D eigenvalue weighted by molar-refractivity contribution is -0.122. The highest BCUT2D eigenvalue weighted by Gasteiger charge is 2.19. The summed E-state index contributed by atoms with van der Waals surface area (Å²) in [6.07, 6.45) is 4.43. The fourth-order valence-corrected chi connectivity index (χ4v) is 4.23. The number of fused-ring (bicyclic) bond motifs is 1. The van der Waals surface area contributed by atoms with Crippen molar-refractivity contribution in [3.8, 4) is 5.75 Å². The van der Waals surface area contributed by atoms with Crippen LogP contribution in [0.4, 0.5) is 11.5 Å². The second kappa shape index (κ2) is 11.9. The zero-order chi connectivity index (χ0) is 27.2. The summed E-state index contributed by atoms with van der Waals surface area (Å²) in [5.41, 5.74) is 8.83. The minimum absolute atomic E-state index is 0.0732. The number of benzene rings is 2. The fourth-order valence-electron chi connectivity index (χ4n) is 3.62. The molecule has 4 rings (SSSR count). The third kappa shape index (κ3) is 6.40. The van der Waals surface area contributed by atoms with Crippen LogP contribution in [0.5, 0.6) is 5.75 Å². The zero-order valence-electron chi connectivity index (χ0n) is 20.7. The maximum Gasteiger partial charge on any atom is 0.246 e. The molecule has 0 aliphatic rings. The molecule has 0 saturated carbocycles. The van der Waals surface area contributed by atoms with Gasteiger partial charge < -0.3 is 20.7 Å². The number of hydrogen-bond acceptors (Lipinski definition) is 6. The number of amides is 2. The SMILES string of the molecule is Cc1ccc2cccc(OCc3c(Cl)ccc(N(C)C(=O)CNC(=O)C=Cc4ccc(N)nc4)c3Cl)c2n1. The summed E-state index contributed by atoms with van der Waals surface area (Å²) >= 11 is 13.1. The Morgan fingerprint density at radius 3 is 2.68 bits per heavy atom. The number of nitrogens with one attached hydrogen (secondary N) is 1. The minimum atomic E-state index is -0.432. The van der Waals surface area contributed by atoms with Crippen molar-refractivity contribution in [3.63, 3.8) is 0 Å². The Morgan fingerprint density at radius 2 is 1.92 bits per heavy atom. The van der Waals surface area contributed by atoms with Crippen molar-refractivity contribution in [2.24, 2.45) is 0 Å². The molecule has 194 valence electrons. The highest BCUT2D eigenvalue weighted by Crippen LogP contribution is 2.35. The van der Waals surface area contributed by atoms with Crippen LogP contribution in [0.1, 0.15) is 16.8 Å². The molecule has 0 aliphatic heterocycles. The van der Waals surface area contributed by atoms with E-state index in [2.05, 4.69) is 15.3 Å². The quantitative estimate of drug-likeness (QED) is 0.292. The number of hydrogen-bond donors (Lipinski definition) is 2. The average molecular weight is 550 g/mol. The predicted molar refractivity (Wildman–Crippen MR) is 151 cm³/mol. The Hall–Kier alpha value is -4.14. The van der Waals surface area contributed by atoms with Crippen molar-refractivity contribution in [2.75, 3.05) is 24.2 Å². The van der Waals surface area contributed by atoms with Crippen LogP contribution < -0.4 is 20.7 Å². The van der Waals surface area contributed by atoms with E-state index in [9.17, 15) is 9.59 Å². The number of ether oxygens (including phenoxy) is 1. The third-order valence-electron chi connectivity index (χ3n) is 5.75. The molecule has 2 amide bonds. The maximum atomic E-state index is 12.8. The van der Waals surface area contributed by atoms with E-state index in [1.54, 1.807) is 43.6 Å². The number of likely N-dealkylation sites (N-methyl/N-ethyl adjacent to an activating group) is 1. The van der Waals surface area contributed by atoms with Crippen LogP contribution in [0.25, 0.3) is 17.0 Å². The molecule has 0 spiro atoms. The number of nitrogen functional groups attached to an aromatic ring is 1. The molecule has 2 heterocycles. The third-order valence-corrected chi connectivity index (χ3v) is 6.52. The molecule has 0 aliphatic carbocycles. The van der Waals surface area contributed by atoms with Crippen LogP contribution in [0.2, 0.25) is 10.0 Å². The van der Waals surface area contributed by atoms with Crippen LogP contribution in [-0.4, -0.2) is 35.4 Å². The second-order valence-electron chi connectivity index (χ2n) is 8.45. The summed E-state index contributed by atoms with van der Waals surface area (Å²) in [4.78, 5) is 34.9. The summed E-state index contributed by atoms with van der Waals surface area (Å²) in [5.74, 6) is 0.180. The summed E-state index contributed by atoms with van der Waals surface area (Å²) in [7, 11) is 1.57. The molecule has 0 fully saturated rings. The van der Waals surface area contributed by atoms with E-state index >= 15 is 0 Å². The Morgan fingerprint density at radius 1 is 1.11 bits per heavy atom. The second-order valence-corrected chi connectivity index (χ2v) is 9.23. The van der Waals surface area contributed by atoms with Crippen molar-refractivity contribution in [3.05, 3.63) is 93.7 Å². The Labute approximate surface area is 230 Å². The molecule has 0 saturated heterocycles. The fraction of sp³-hybridized carbons (Fsp3) is 0.143. The van der Waals surface area contributed by atoms with Gasteiger partial charge in [0.2, 0.25) is 11.8 Å². The smallest absolute Gasteiger partial charge is 0.246 e. The largest absolute Gasteiger partial charge is 0.487 e. The number of aryl methyl sites for hydroxylation is 1. The van der Waals surface area contributed by atoms with E-state index in [1.165, 1.54) is 11.0 Å². The molecule has 0 radical (unpaired) electrons. The minimum Gasteiger partial charge on any atom is -0.487 e. The van der Waals surface area contributed by atoms with Gasteiger partial charge in [-0.2, -0.15) is 0 Å². The van der Waals surface area contributed by atoms with Gasteiger partial charge in [0.1, 0.15) is 23.7 Å². The van der Waals surface area contributed by atoms with Crippen LogP contribution in [0.15, 0.2) is 66.9 Å². The lowest BCUT2D eigenvalue weighted by atomic mass is 10.1. The lowest BCUT2D eigenvalue weighted by Crippen LogP contribution is -2.37. The van der Waals surface area contributed by atoms with Crippen molar-refractivity contribution in [2.45, 2.75) is 13.5 Å². The molecule has 10 heteroatoms. The average Bonchev–Trinajstić information content (AvgIpc) is 2.91. The zero-order valence-corrected chi connectivity index (χ0v) is 22.3. The number of halogens is 2. The monoisotopic (exact) mass is 549 g/mol. The molecule has 3 N–H and O–H groups in total. The topological polar surface area (TPSA) is 110 Å². The van der Waals surface area contributed by atoms with Gasteiger partial charge in [0.05, 0.1) is 17.3 Å². The number of nitrogens with zero attached hydrogens (tertiary/aromatic N) is 3. The number of rotatable bonds is 8. The van der Waals surface area contributed by atoms with Gasteiger partial charge in [0, 0.05) is 41.0 Å². The van der Waals surface area contributed by atoms with Crippen molar-refractivity contribution < 1.29 is 14.3 Å². The Balaban J connectivity index is 1.42. The number of para-hydroxylation sites is 1. The first-order chi connectivity index (χ1) is 18.2. The van der Waals surface area contributed by atoms with Crippen molar-refractivity contribution in [1.29, 1.82) is 0 Å². The highest BCUT2D eigenvalue weighted by molar-refractivity contribution is 6.38. The lowest BCUT2D eigenvalue weighted by Gasteiger charge is -2.21. The van der Waals surface area contributed by atoms with Crippen LogP contribution >= 0.6 is 23.2 Å². The van der Waals surface area contributed by atoms with Gasteiger partial charge >= 0.3 is 0 Å². The van der Waals surface area contributed by atoms with E-state index in [-0.39, 0.29) is 24.1 Å². The summed E-state index contributed by atoms with van der Waals surface area (Å²) in [5, 5.41) is 4.20. The summed E-state index contributed by atoms with van der Waals surface area (Å²) < 4.78 is 6.06. The van der Waals surface area contributed by atoms with Gasteiger partial charge in [-0.1, -0.05) is 41.4 Å². The first-order valence-corrected chi connectivity index (χ1v) is 12.4. The molecular formula is C28H25Cl2N5O3. The van der Waals surface area contributed by atoms with Gasteiger partial charge in [-0.15, -0.1) is 0 Å². The molecule has 2 aromatic heterocycles. The molecule has 0 unspecified atom stereocenters. The first-order valence-electron chi connectivity index (χ1n) is 11.6. The van der Waals surface area contributed by atoms with Crippen molar-refractivity contribution >= 4 is 63.5 Å². The van der Waals surface area contributed by atoms with Gasteiger partial charge in [0.15, 0.2) is 0 Å². The van der Waals surface area contributed by atoms with Crippen LogP contribution in [0, 0.1) is 6.92 Å². The summed E-state index contributed by atoms with van der Waals surface area (Å²) in [6.45, 7) is 1.76. The van der Waals surface area contributed by atoms with Gasteiger partial charge in [-0.3, -0.25) is 9.59 Å². The van der Waals surface area contributed by atoms with E-state index in [0.717, 1.165) is 16.6 Å². The van der Waals surface area contributed by atoms with Gasteiger partial charge in [0.25, 0.3) is 0 Å². The van der Waals surface area contributed by atoms with Crippen LogP contribution in [0.3, 0.4) is 0 Å². The van der Waals surface area contributed by atoms with E-state index in [4.69, 9.17) is 33.7 Å². The van der Waals surface area contributed by atoms with Gasteiger partial charge in [-0.05, 0) is 55.0 Å². The molecule has 2 aromatic carbocycles. The van der Waals surface area contributed by atoms with E-state index in [0.29, 0.717) is 33.4 Å². The van der Waals surface area contributed by atoms with E-state index < -0.39 is 5.91 Å². The number of pyridine rings is 2. The molecule has 4 aromatic rings. The number of nitrogens with two attached hydrogens (primary N) is 1. The Kier molecular flexibility index (Phi) is 8.45. The normalized spacial score (nSPS) is 11.1. The van der Waals surface area contributed by atoms with Crippen LogP contribution in [-0.2, 0) is 16.2 Å². The van der Waals surface area contributed by atoms with E-state index in [1.807, 2.05) is 37.3 Å². The van der Waals surface area contributed by atoms with Gasteiger partial charge in [-0.25, -0.2) is 9.97 Å². The number of anilines is 2. The maximum absolute atomic E-state index is 12.8. The predicted octanol–water partition coefficient (Wildman–Crippen LogP) is 5.20.